The highest BCUT2D eigenvalue weighted by Gasteiger charge is 1.96. The number of aliphatic carboxylic acids is 1. The van der Waals surface area contributed by atoms with E-state index in [4.69, 9.17) is 5.11 Å². The van der Waals surface area contributed by atoms with Crippen molar-refractivity contribution in [3.63, 3.8) is 0 Å². The van der Waals surface area contributed by atoms with Gasteiger partial charge in [0.1, 0.15) is 0 Å². The van der Waals surface area contributed by atoms with Gasteiger partial charge in [-0.25, -0.2) is 0 Å². The van der Waals surface area contributed by atoms with Crippen LogP contribution in [0.3, 0.4) is 0 Å². The zero-order valence-corrected chi connectivity index (χ0v) is 15.0. The van der Waals surface area contributed by atoms with Crippen LogP contribution in [0.25, 0.3) is 0 Å². The highest BCUT2D eigenvalue weighted by atomic mass is 16.4. The lowest BCUT2D eigenvalue weighted by atomic mass is 10.1. The van der Waals surface area contributed by atoms with Crippen molar-refractivity contribution in [2.45, 2.75) is 90.4 Å². The van der Waals surface area contributed by atoms with Gasteiger partial charge in [0.25, 0.3) is 0 Å². The smallest absolute Gasteiger partial charge is 0.303 e. The van der Waals surface area contributed by atoms with Crippen LogP contribution in [0.4, 0.5) is 0 Å². The van der Waals surface area contributed by atoms with Crippen molar-refractivity contribution in [2.24, 2.45) is 0 Å². The van der Waals surface area contributed by atoms with Gasteiger partial charge in [-0.15, -0.1) is 0 Å². The monoisotopic (exact) mass is 320 g/mol. The van der Waals surface area contributed by atoms with Gasteiger partial charge in [0.05, 0.1) is 0 Å². The van der Waals surface area contributed by atoms with Crippen molar-refractivity contribution >= 4 is 5.97 Å². The predicted molar refractivity (Wildman–Crippen MR) is 101 cm³/mol. The van der Waals surface area contributed by atoms with E-state index in [9.17, 15) is 4.79 Å². The standard InChI is InChI=1S/C21H36O2/c1-2-3-4-5-6-7-8-9-10-11-12-13-14-15-16-17-18-19-20-21(22)23/h2-3,5-6,8-9H,4,7,10-20H2,1H3,(H,22,23). The summed E-state index contributed by atoms with van der Waals surface area (Å²) >= 11 is 0. The van der Waals surface area contributed by atoms with E-state index in [1.165, 1.54) is 51.4 Å². The predicted octanol–water partition coefficient (Wildman–Crippen LogP) is 6.83. The van der Waals surface area contributed by atoms with Crippen LogP contribution in [0.2, 0.25) is 0 Å². The Labute approximate surface area is 143 Å². The van der Waals surface area contributed by atoms with Gasteiger partial charge in [-0.3, -0.25) is 4.79 Å². The average molecular weight is 321 g/mol. The van der Waals surface area contributed by atoms with Gasteiger partial charge in [0, 0.05) is 6.42 Å². The Morgan fingerprint density at radius 2 is 1.17 bits per heavy atom. The molecule has 0 saturated heterocycles. The fourth-order valence-corrected chi connectivity index (χ4v) is 2.48. The van der Waals surface area contributed by atoms with E-state index in [2.05, 4.69) is 43.4 Å². The van der Waals surface area contributed by atoms with Crippen LogP contribution in [-0.4, -0.2) is 11.1 Å². The molecule has 0 saturated carbocycles. The Kier molecular flexibility index (Phi) is 17.7. The van der Waals surface area contributed by atoms with Gasteiger partial charge in [-0.2, -0.15) is 0 Å². The Balaban J connectivity index is 3.15. The first-order chi connectivity index (χ1) is 11.3. The summed E-state index contributed by atoms with van der Waals surface area (Å²) in [6.45, 7) is 2.05. The molecule has 0 rings (SSSR count). The summed E-state index contributed by atoms with van der Waals surface area (Å²) in [6, 6.07) is 0. The molecule has 0 amide bonds. The molecule has 2 heteroatoms. The first-order valence-corrected chi connectivity index (χ1v) is 9.40. The lowest BCUT2D eigenvalue weighted by Gasteiger charge is -2.01. The number of carboxylic acids is 1. The van der Waals surface area contributed by atoms with Gasteiger partial charge in [-0.05, 0) is 39.0 Å². The third kappa shape index (κ3) is 20.7. The second kappa shape index (κ2) is 18.7. The SMILES string of the molecule is CC=CCC=CCC=CCCCCCCCCCCCC(=O)O. The summed E-state index contributed by atoms with van der Waals surface area (Å²) in [7, 11) is 0. The number of carboxylic acid groups (broad SMARTS) is 1. The number of allylic oxidation sites excluding steroid dienone is 6. The van der Waals surface area contributed by atoms with Crippen LogP contribution in [0.1, 0.15) is 90.4 Å². The normalized spacial score (nSPS) is 12.0. The number of hydrogen-bond acceptors (Lipinski definition) is 1. The van der Waals surface area contributed by atoms with E-state index >= 15 is 0 Å². The van der Waals surface area contributed by atoms with Gasteiger partial charge >= 0.3 is 5.97 Å². The third-order valence-corrected chi connectivity index (χ3v) is 3.87. The van der Waals surface area contributed by atoms with Crippen LogP contribution >= 0.6 is 0 Å². The van der Waals surface area contributed by atoms with Crippen LogP contribution in [0, 0.1) is 0 Å². The van der Waals surface area contributed by atoms with Crippen molar-refractivity contribution in [2.75, 3.05) is 0 Å². The van der Waals surface area contributed by atoms with E-state index < -0.39 is 5.97 Å². The first kappa shape index (κ1) is 21.7. The first-order valence-electron chi connectivity index (χ1n) is 9.40. The fraction of sp³-hybridized carbons (Fsp3) is 0.667. The number of unbranched alkanes of at least 4 members (excludes halogenated alkanes) is 9. The molecular formula is C21H36O2. The molecule has 1 N–H and O–H groups in total. The number of rotatable bonds is 16. The van der Waals surface area contributed by atoms with Crippen molar-refractivity contribution in [1.29, 1.82) is 0 Å². The summed E-state index contributed by atoms with van der Waals surface area (Å²) in [6.07, 6.45) is 27.9. The minimum atomic E-state index is -0.663. The molecule has 0 spiro atoms. The molecule has 23 heavy (non-hydrogen) atoms. The Morgan fingerprint density at radius 1 is 0.696 bits per heavy atom. The maximum absolute atomic E-state index is 10.4. The zero-order valence-electron chi connectivity index (χ0n) is 15.0. The molecule has 132 valence electrons. The summed E-state index contributed by atoms with van der Waals surface area (Å²) in [4.78, 5) is 10.4. The second-order valence-corrected chi connectivity index (χ2v) is 6.10. The Hall–Kier alpha value is -1.31. The molecule has 0 aromatic carbocycles. The Bertz CT molecular complexity index is 340. The van der Waals surface area contributed by atoms with Gasteiger partial charge in [-0.1, -0.05) is 81.4 Å². The van der Waals surface area contributed by atoms with E-state index in [1.54, 1.807) is 0 Å². The van der Waals surface area contributed by atoms with Crippen molar-refractivity contribution in [3.05, 3.63) is 36.5 Å². The molecule has 0 unspecified atom stereocenters. The van der Waals surface area contributed by atoms with Crippen LogP contribution in [0.15, 0.2) is 36.5 Å². The highest BCUT2D eigenvalue weighted by molar-refractivity contribution is 5.66. The van der Waals surface area contributed by atoms with Gasteiger partial charge in [0.2, 0.25) is 0 Å². The summed E-state index contributed by atoms with van der Waals surface area (Å²) in [5.74, 6) is -0.663. The molecule has 0 radical (unpaired) electrons. The second-order valence-electron chi connectivity index (χ2n) is 6.10. The lowest BCUT2D eigenvalue weighted by molar-refractivity contribution is -0.137. The molecule has 0 aliphatic heterocycles. The van der Waals surface area contributed by atoms with Crippen LogP contribution in [0.5, 0.6) is 0 Å². The molecule has 0 bridgehead atoms. The Morgan fingerprint density at radius 3 is 1.74 bits per heavy atom. The topological polar surface area (TPSA) is 37.3 Å². The van der Waals surface area contributed by atoms with E-state index in [0.29, 0.717) is 6.42 Å². The van der Waals surface area contributed by atoms with E-state index in [-0.39, 0.29) is 0 Å². The van der Waals surface area contributed by atoms with Gasteiger partial charge in [0.15, 0.2) is 0 Å². The van der Waals surface area contributed by atoms with Crippen molar-refractivity contribution < 1.29 is 9.90 Å². The fourth-order valence-electron chi connectivity index (χ4n) is 2.48. The molecule has 0 aliphatic carbocycles. The maximum atomic E-state index is 10.4. The minimum Gasteiger partial charge on any atom is -0.481 e. The third-order valence-electron chi connectivity index (χ3n) is 3.87. The average Bonchev–Trinajstić information content (AvgIpc) is 2.53. The summed E-state index contributed by atoms with van der Waals surface area (Å²) in [5.41, 5.74) is 0. The van der Waals surface area contributed by atoms with Gasteiger partial charge < -0.3 is 5.11 Å². The molecular weight excluding hydrogens is 284 g/mol. The lowest BCUT2D eigenvalue weighted by Crippen LogP contribution is -1.93. The molecule has 2 nitrogen and oxygen atoms in total. The molecule has 0 heterocycles. The summed E-state index contributed by atoms with van der Waals surface area (Å²) < 4.78 is 0. The number of hydrogen-bond donors (Lipinski definition) is 1. The van der Waals surface area contributed by atoms with E-state index in [0.717, 1.165) is 25.7 Å². The summed E-state index contributed by atoms with van der Waals surface area (Å²) in [5, 5.41) is 8.54. The highest BCUT2D eigenvalue weighted by Crippen LogP contribution is 2.11. The molecule has 0 fully saturated rings. The van der Waals surface area contributed by atoms with Crippen LogP contribution < -0.4 is 0 Å². The van der Waals surface area contributed by atoms with Crippen molar-refractivity contribution in [1.82, 2.24) is 0 Å². The largest absolute Gasteiger partial charge is 0.481 e. The quantitative estimate of drug-likeness (QED) is 0.250. The molecule has 0 atom stereocenters. The minimum absolute atomic E-state index is 0.332. The number of carbonyl (C=O) groups is 1. The molecule has 0 aromatic rings. The van der Waals surface area contributed by atoms with E-state index in [1.807, 2.05) is 0 Å². The molecule has 0 aliphatic rings. The van der Waals surface area contributed by atoms with Crippen molar-refractivity contribution in [3.8, 4) is 0 Å². The zero-order chi connectivity index (χ0) is 17.0. The maximum Gasteiger partial charge on any atom is 0.303 e. The molecule has 0 aromatic heterocycles. The van der Waals surface area contributed by atoms with Crippen LogP contribution in [-0.2, 0) is 4.79 Å².